The van der Waals surface area contributed by atoms with E-state index >= 15 is 0 Å². The fraction of sp³-hybridized carbons (Fsp3) is 0.923. The van der Waals surface area contributed by atoms with Crippen molar-refractivity contribution in [3.63, 3.8) is 0 Å². The average molecular weight is 304 g/mol. The monoisotopic (exact) mass is 304 g/mol. The molecule has 0 bridgehead atoms. The Morgan fingerprint density at radius 2 is 2.00 bits per heavy atom. The molecule has 2 aliphatic rings. The van der Waals surface area contributed by atoms with Crippen molar-refractivity contribution in [3.8, 4) is 0 Å². The Morgan fingerprint density at radius 3 is 2.60 bits per heavy atom. The lowest BCUT2D eigenvalue weighted by Gasteiger charge is -2.32. The molecule has 1 heterocycles. The second-order valence-corrected chi connectivity index (χ2v) is 7.69. The maximum Gasteiger partial charge on any atom is 0.322 e. The van der Waals surface area contributed by atoms with Gasteiger partial charge in [0, 0.05) is 13.1 Å². The van der Waals surface area contributed by atoms with Crippen molar-refractivity contribution in [2.24, 2.45) is 11.8 Å². The van der Waals surface area contributed by atoms with Gasteiger partial charge in [-0.15, -0.1) is 0 Å². The van der Waals surface area contributed by atoms with E-state index in [0.29, 0.717) is 31.3 Å². The van der Waals surface area contributed by atoms with Crippen LogP contribution in [0.5, 0.6) is 0 Å². The zero-order valence-electron chi connectivity index (χ0n) is 11.9. The van der Waals surface area contributed by atoms with E-state index in [1.165, 1.54) is 0 Å². The summed E-state index contributed by atoms with van der Waals surface area (Å²) in [6, 6.07) is -0.915. The van der Waals surface area contributed by atoms with Gasteiger partial charge in [0.05, 0.1) is 0 Å². The largest absolute Gasteiger partial charge is 0.480 e. The predicted octanol–water partition coefficient (Wildman–Crippen LogP) is 1.20. The second-order valence-electron chi connectivity index (χ2n) is 5.98. The number of hydrogen-bond donors (Lipinski definition) is 2. The first kappa shape index (κ1) is 15.7. The molecule has 1 saturated heterocycles. The zero-order valence-corrected chi connectivity index (χ0v) is 12.7. The topological polar surface area (TPSA) is 86.7 Å². The van der Waals surface area contributed by atoms with E-state index < -0.39 is 22.2 Å². The molecule has 0 aromatic rings. The van der Waals surface area contributed by atoms with Gasteiger partial charge in [0.15, 0.2) is 0 Å². The molecule has 2 rings (SSSR count). The quantitative estimate of drug-likeness (QED) is 0.799. The molecule has 0 amide bonds. The molecule has 1 saturated carbocycles. The molecule has 2 fully saturated rings. The van der Waals surface area contributed by atoms with Gasteiger partial charge in [0.25, 0.3) is 10.2 Å². The number of nitrogens with zero attached hydrogens (tertiary/aromatic N) is 1. The fourth-order valence-electron chi connectivity index (χ4n) is 3.26. The van der Waals surface area contributed by atoms with Gasteiger partial charge in [-0.1, -0.05) is 19.8 Å². The van der Waals surface area contributed by atoms with E-state index in [1.54, 1.807) is 0 Å². The Bertz CT molecular complexity index is 451. The fourth-order valence-corrected chi connectivity index (χ4v) is 4.75. The molecular weight excluding hydrogens is 280 g/mol. The number of carboxylic acid groups (broad SMARTS) is 1. The second kappa shape index (κ2) is 6.41. The number of carbonyl (C=O) groups is 1. The molecule has 1 aliphatic carbocycles. The van der Waals surface area contributed by atoms with Crippen LogP contribution in [0.3, 0.4) is 0 Å². The lowest BCUT2D eigenvalue weighted by molar-refractivity contribution is -0.142. The van der Waals surface area contributed by atoms with E-state index in [2.05, 4.69) is 11.6 Å². The minimum Gasteiger partial charge on any atom is -0.480 e. The molecule has 2 N–H and O–H groups in total. The molecule has 3 unspecified atom stereocenters. The highest BCUT2D eigenvalue weighted by atomic mass is 32.2. The number of carboxylic acids is 1. The third kappa shape index (κ3) is 3.51. The highest BCUT2D eigenvalue weighted by molar-refractivity contribution is 7.87. The highest BCUT2D eigenvalue weighted by Crippen LogP contribution is 2.30. The van der Waals surface area contributed by atoms with Gasteiger partial charge in [-0.05, 0) is 37.5 Å². The summed E-state index contributed by atoms with van der Waals surface area (Å²) in [5, 5.41) is 9.16. The summed E-state index contributed by atoms with van der Waals surface area (Å²) >= 11 is 0. The van der Waals surface area contributed by atoms with E-state index in [1.807, 2.05) is 0 Å². The third-order valence-corrected chi connectivity index (χ3v) is 6.20. The summed E-state index contributed by atoms with van der Waals surface area (Å²) in [5.41, 5.74) is 0. The van der Waals surface area contributed by atoms with Crippen molar-refractivity contribution in [3.05, 3.63) is 0 Å². The first-order chi connectivity index (χ1) is 9.42. The predicted molar refractivity (Wildman–Crippen MR) is 75.4 cm³/mol. The minimum absolute atomic E-state index is 0.298. The molecule has 0 spiro atoms. The van der Waals surface area contributed by atoms with Crippen LogP contribution < -0.4 is 4.72 Å². The van der Waals surface area contributed by atoms with E-state index in [4.69, 9.17) is 5.11 Å². The standard InChI is InChI=1S/C13H24N2O4S/c1-10-5-4-6-11(10)9-14-20(18,19)15-8-3-2-7-12(15)13(16)17/h10-12,14H,2-9H2,1H3,(H,16,17). The normalized spacial score (nSPS) is 32.4. The van der Waals surface area contributed by atoms with Gasteiger partial charge in [0.1, 0.15) is 6.04 Å². The van der Waals surface area contributed by atoms with E-state index in [-0.39, 0.29) is 0 Å². The summed E-state index contributed by atoms with van der Waals surface area (Å²) in [7, 11) is -3.69. The Labute approximate surface area is 120 Å². The van der Waals surface area contributed by atoms with Crippen LogP contribution in [0.1, 0.15) is 45.4 Å². The van der Waals surface area contributed by atoms with Crippen molar-refractivity contribution in [2.75, 3.05) is 13.1 Å². The van der Waals surface area contributed by atoms with Crippen LogP contribution in [0.2, 0.25) is 0 Å². The van der Waals surface area contributed by atoms with Crippen molar-refractivity contribution >= 4 is 16.2 Å². The first-order valence-corrected chi connectivity index (χ1v) is 8.85. The smallest absolute Gasteiger partial charge is 0.322 e. The molecule has 6 nitrogen and oxygen atoms in total. The number of nitrogens with one attached hydrogen (secondary N) is 1. The SMILES string of the molecule is CC1CCCC1CNS(=O)(=O)N1CCCCC1C(=O)O. The van der Waals surface area contributed by atoms with Gasteiger partial charge in [0.2, 0.25) is 0 Å². The minimum atomic E-state index is -3.69. The molecular formula is C13H24N2O4S. The van der Waals surface area contributed by atoms with Crippen LogP contribution in [0, 0.1) is 11.8 Å². The lowest BCUT2D eigenvalue weighted by atomic mass is 9.99. The van der Waals surface area contributed by atoms with Crippen molar-refractivity contribution in [1.29, 1.82) is 0 Å². The molecule has 0 radical (unpaired) electrons. The van der Waals surface area contributed by atoms with Crippen molar-refractivity contribution in [1.82, 2.24) is 9.03 Å². The lowest BCUT2D eigenvalue weighted by Crippen LogP contribution is -2.52. The Hall–Kier alpha value is -0.660. The Morgan fingerprint density at radius 1 is 1.25 bits per heavy atom. The molecule has 7 heteroatoms. The number of piperidine rings is 1. The van der Waals surface area contributed by atoms with Crippen LogP contribution in [0.25, 0.3) is 0 Å². The van der Waals surface area contributed by atoms with Gasteiger partial charge < -0.3 is 5.11 Å². The van der Waals surface area contributed by atoms with Gasteiger partial charge in [-0.25, -0.2) is 4.72 Å². The van der Waals surface area contributed by atoms with Crippen LogP contribution >= 0.6 is 0 Å². The summed E-state index contributed by atoms with van der Waals surface area (Å²) < 4.78 is 28.4. The Balaban J connectivity index is 1.99. The van der Waals surface area contributed by atoms with Gasteiger partial charge in [-0.2, -0.15) is 12.7 Å². The molecule has 1 aliphatic heterocycles. The molecule has 116 valence electrons. The van der Waals surface area contributed by atoms with E-state index in [0.717, 1.165) is 36.4 Å². The number of rotatable bonds is 5. The zero-order chi connectivity index (χ0) is 14.8. The highest BCUT2D eigenvalue weighted by Gasteiger charge is 2.37. The summed E-state index contributed by atoms with van der Waals surface area (Å²) in [6.07, 6.45) is 5.23. The number of hydrogen-bond acceptors (Lipinski definition) is 3. The molecule has 0 aromatic carbocycles. The Kier molecular flexibility index (Phi) is 5.04. The van der Waals surface area contributed by atoms with E-state index in [9.17, 15) is 13.2 Å². The van der Waals surface area contributed by atoms with Crippen LogP contribution in [0.4, 0.5) is 0 Å². The van der Waals surface area contributed by atoms with Crippen LogP contribution in [-0.2, 0) is 15.0 Å². The summed E-state index contributed by atoms with van der Waals surface area (Å²) in [5.74, 6) is -0.142. The third-order valence-electron chi connectivity index (χ3n) is 4.61. The van der Waals surface area contributed by atoms with Gasteiger partial charge >= 0.3 is 5.97 Å². The maximum atomic E-state index is 12.3. The first-order valence-electron chi connectivity index (χ1n) is 7.41. The van der Waals surface area contributed by atoms with Crippen LogP contribution in [0.15, 0.2) is 0 Å². The van der Waals surface area contributed by atoms with Crippen molar-refractivity contribution in [2.45, 2.75) is 51.5 Å². The molecule has 3 atom stereocenters. The molecule has 0 aromatic heterocycles. The summed E-state index contributed by atoms with van der Waals surface area (Å²) in [6.45, 7) is 2.87. The maximum absolute atomic E-state index is 12.3. The summed E-state index contributed by atoms with van der Waals surface area (Å²) in [4.78, 5) is 11.2. The average Bonchev–Trinajstić information content (AvgIpc) is 2.82. The van der Waals surface area contributed by atoms with Crippen molar-refractivity contribution < 1.29 is 18.3 Å². The van der Waals surface area contributed by atoms with Gasteiger partial charge in [-0.3, -0.25) is 4.79 Å². The number of aliphatic carboxylic acids is 1. The molecule has 20 heavy (non-hydrogen) atoms. The van der Waals surface area contributed by atoms with Crippen LogP contribution in [-0.4, -0.2) is 42.9 Å².